The molecule has 3 nitrogen and oxygen atoms in total. The molecule has 0 aliphatic carbocycles. The third-order valence-corrected chi connectivity index (χ3v) is 11.6. The van der Waals surface area contributed by atoms with Gasteiger partial charge in [-0.05, 0) is 149 Å². The summed E-state index contributed by atoms with van der Waals surface area (Å²) >= 11 is 0. The van der Waals surface area contributed by atoms with Crippen LogP contribution in [0.3, 0.4) is 0 Å². The Morgan fingerprint density at radius 2 is 0.944 bits per heavy atom. The fraction of sp³-hybridized carbons (Fsp3) is 0.0800. The van der Waals surface area contributed by atoms with Crippen LogP contribution in [0.2, 0.25) is 0 Å². The van der Waals surface area contributed by atoms with Gasteiger partial charge in [0.15, 0.2) is 0 Å². The van der Waals surface area contributed by atoms with Gasteiger partial charge in [-0.1, -0.05) is 96.6 Å². The minimum atomic E-state index is 0.0461. The minimum Gasteiger partial charge on any atom is -0.458 e. The summed E-state index contributed by atoms with van der Waals surface area (Å²) in [5.41, 5.74) is 20.7. The molecule has 0 spiro atoms. The van der Waals surface area contributed by atoms with Crippen LogP contribution < -0.4 is 30.9 Å². The maximum absolute atomic E-state index is 6.98. The molecule has 4 heteroatoms. The van der Waals surface area contributed by atoms with Crippen LogP contribution in [0.1, 0.15) is 22.3 Å². The van der Waals surface area contributed by atoms with Crippen molar-refractivity contribution < 1.29 is 4.74 Å². The largest absolute Gasteiger partial charge is 0.458 e. The van der Waals surface area contributed by atoms with Crippen LogP contribution in [0.15, 0.2) is 152 Å². The SMILES string of the molecule is Cc1ccc(N2c3cc(C)cc4c3B3c5c(cc(C)cc5N(c5ccc(-c6cccc(-c7ccccc7)c6)c6ccccc56)c5cc(C)cc2c53)O4)cc1. The zero-order valence-corrected chi connectivity index (χ0v) is 30.8. The lowest BCUT2D eigenvalue weighted by Crippen LogP contribution is -2.63. The second-order valence-corrected chi connectivity index (χ2v) is 15.3. The Balaban J connectivity index is 1.19. The average Bonchev–Trinajstić information content (AvgIpc) is 3.18. The fourth-order valence-corrected chi connectivity index (χ4v) is 9.31. The molecule has 256 valence electrons. The molecule has 3 aliphatic rings. The van der Waals surface area contributed by atoms with E-state index < -0.39 is 0 Å². The molecule has 0 fully saturated rings. The van der Waals surface area contributed by atoms with Crippen molar-refractivity contribution >= 4 is 68.0 Å². The van der Waals surface area contributed by atoms with Gasteiger partial charge in [-0.3, -0.25) is 0 Å². The standard InChI is InChI=1S/C50H37BN2O/c1-30-17-19-37(20-18-30)52-42-23-31(2)24-43-48(42)51-49-44(52)25-32(3)27-46(49)54-47-28-33(4)26-45(50(47)51)53(43)41-22-21-38(39-15-8-9-16-40(39)41)36-14-10-13-35(29-36)34-11-6-5-7-12-34/h5-29H,1-4H3. The first-order valence-electron chi connectivity index (χ1n) is 18.9. The molecule has 0 aromatic heterocycles. The van der Waals surface area contributed by atoms with Crippen LogP contribution in [0, 0.1) is 27.7 Å². The number of ether oxygens (including phenoxy) is 1. The van der Waals surface area contributed by atoms with Crippen LogP contribution in [-0.2, 0) is 0 Å². The molecule has 54 heavy (non-hydrogen) atoms. The number of aryl methyl sites for hydroxylation is 4. The lowest BCUT2D eigenvalue weighted by Gasteiger charge is -2.47. The number of anilines is 6. The molecule has 0 saturated heterocycles. The monoisotopic (exact) mass is 692 g/mol. The summed E-state index contributed by atoms with van der Waals surface area (Å²) in [7, 11) is 0. The maximum atomic E-state index is 6.98. The third-order valence-electron chi connectivity index (χ3n) is 11.6. The Morgan fingerprint density at radius 3 is 1.65 bits per heavy atom. The lowest BCUT2D eigenvalue weighted by atomic mass is 9.32. The highest BCUT2D eigenvalue weighted by Gasteiger charge is 2.49. The van der Waals surface area contributed by atoms with Gasteiger partial charge in [0.05, 0.1) is 5.69 Å². The molecule has 11 rings (SSSR count). The summed E-state index contributed by atoms with van der Waals surface area (Å²) in [4.78, 5) is 5.00. The van der Waals surface area contributed by atoms with E-state index in [0.29, 0.717) is 0 Å². The molecule has 0 bridgehead atoms. The Bertz CT molecular complexity index is 2860. The number of hydrogen-bond donors (Lipinski definition) is 0. The summed E-state index contributed by atoms with van der Waals surface area (Å²) < 4.78 is 6.98. The highest BCUT2D eigenvalue weighted by Crippen LogP contribution is 2.50. The van der Waals surface area contributed by atoms with Gasteiger partial charge in [-0.2, -0.15) is 0 Å². The molecular formula is C50H37BN2O. The highest BCUT2D eigenvalue weighted by molar-refractivity contribution is 7.01. The lowest BCUT2D eigenvalue weighted by molar-refractivity contribution is 0.486. The minimum absolute atomic E-state index is 0.0461. The fourth-order valence-electron chi connectivity index (χ4n) is 9.31. The molecule has 0 unspecified atom stereocenters. The van der Waals surface area contributed by atoms with Gasteiger partial charge in [-0.25, -0.2) is 0 Å². The van der Waals surface area contributed by atoms with E-state index in [1.807, 2.05) is 0 Å². The van der Waals surface area contributed by atoms with Crippen molar-refractivity contribution in [2.75, 3.05) is 9.80 Å². The number of fused-ring (bicyclic) bond motifs is 1. The molecule has 8 aromatic carbocycles. The van der Waals surface area contributed by atoms with E-state index in [2.05, 4.69) is 189 Å². The van der Waals surface area contributed by atoms with Crippen molar-refractivity contribution in [1.29, 1.82) is 0 Å². The van der Waals surface area contributed by atoms with Gasteiger partial charge in [-0.15, -0.1) is 0 Å². The van der Waals surface area contributed by atoms with Crippen molar-refractivity contribution in [2.45, 2.75) is 27.7 Å². The van der Waals surface area contributed by atoms with E-state index in [0.717, 1.165) is 22.9 Å². The maximum Gasteiger partial charge on any atom is 0.261 e. The second kappa shape index (κ2) is 11.5. The van der Waals surface area contributed by atoms with Crippen LogP contribution in [-0.4, -0.2) is 6.71 Å². The zero-order valence-electron chi connectivity index (χ0n) is 30.8. The van der Waals surface area contributed by atoms with Crippen LogP contribution in [0.5, 0.6) is 11.5 Å². The molecule has 8 aromatic rings. The zero-order chi connectivity index (χ0) is 36.2. The molecule has 3 aliphatic heterocycles. The van der Waals surface area contributed by atoms with E-state index in [1.54, 1.807) is 0 Å². The van der Waals surface area contributed by atoms with Crippen LogP contribution >= 0.6 is 0 Å². The van der Waals surface area contributed by atoms with E-state index in [-0.39, 0.29) is 6.71 Å². The van der Waals surface area contributed by atoms with Crippen molar-refractivity contribution in [3.8, 4) is 33.8 Å². The molecule has 0 saturated carbocycles. The van der Waals surface area contributed by atoms with Gasteiger partial charge in [0.25, 0.3) is 6.71 Å². The molecule has 0 atom stereocenters. The highest BCUT2D eigenvalue weighted by atomic mass is 16.5. The van der Waals surface area contributed by atoms with Crippen molar-refractivity contribution in [3.05, 3.63) is 174 Å². The summed E-state index contributed by atoms with van der Waals surface area (Å²) in [5, 5.41) is 2.44. The number of benzene rings is 8. The van der Waals surface area contributed by atoms with Crippen LogP contribution in [0.25, 0.3) is 33.0 Å². The molecule has 0 amide bonds. The van der Waals surface area contributed by atoms with Gasteiger partial charge >= 0.3 is 0 Å². The molecule has 0 radical (unpaired) electrons. The molecule has 0 N–H and O–H groups in total. The normalized spacial score (nSPS) is 13.2. The smallest absolute Gasteiger partial charge is 0.261 e. The van der Waals surface area contributed by atoms with Crippen molar-refractivity contribution in [2.24, 2.45) is 0 Å². The Hall–Kier alpha value is -6.52. The van der Waals surface area contributed by atoms with Crippen molar-refractivity contribution in [3.63, 3.8) is 0 Å². The number of hydrogen-bond acceptors (Lipinski definition) is 3. The summed E-state index contributed by atoms with van der Waals surface area (Å²) in [6, 6.07) is 56.0. The first-order valence-corrected chi connectivity index (χ1v) is 18.9. The van der Waals surface area contributed by atoms with E-state index in [4.69, 9.17) is 4.74 Å². The predicted octanol–water partition coefficient (Wildman–Crippen LogP) is 11.6. The van der Waals surface area contributed by atoms with E-state index in [1.165, 1.54) is 94.4 Å². The van der Waals surface area contributed by atoms with Gasteiger partial charge in [0.2, 0.25) is 0 Å². The molecule has 3 heterocycles. The first kappa shape index (κ1) is 31.1. The van der Waals surface area contributed by atoms with Gasteiger partial charge < -0.3 is 14.5 Å². The second-order valence-electron chi connectivity index (χ2n) is 15.3. The van der Waals surface area contributed by atoms with Gasteiger partial charge in [0, 0.05) is 33.8 Å². The number of nitrogens with zero attached hydrogens (tertiary/aromatic N) is 2. The summed E-state index contributed by atoms with van der Waals surface area (Å²) in [6.45, 7) is 8.80. The Morgan fingerprint density at radius 1 is 0.389 bits per heavy atom. The van der Waals surface area contributed by atoms with Crippen molar-refractivity contribution in [1.82, 2.24) is 0 Å². The topological polar surface area (TPSA) is 15.7 Å². The first-order chi connectivity index (χ1) is 26.4. The summed E-state index contributed by atoms with van der Waals surface area (Å²) in [5.74, 6) is 1.90. The average molecular weight is 693 g/mol. The van der Waals surface area contributed by atoms with E-state index >= 15 is 0 Å². The summed E-state index contributed by atoms with van der Waals surface area (Å²) in [6.07, 6.45) is 0. The van der Waals surface area contributed by atoms with Crippen LogP contribution in [0.4, 0.5) is 34.1 Å². The predicted molar refractivity (Wildman–Crippen MR) is 228 cm³/mol. The number of rotatable bonds is 4. The van der Waals surface area contributed by atoms with Gasteiger partial charge in [0.1, 0.15) is 11.5 Å². The third kappa shape index (κ3) is 4.50. The van der Waals surface area contributed by atoms with E-state index in [9.17, 15) is 0 Å². The Labute approximate surface area is 316 Å². The molecular weight excluding hydrogens is 655 g/mol. The quantitative estimate of drug-likeness (QED) is 0.171. The Kier molecular flexibility index (Phi) is 6.61.